The highest BCUT2D eigenvalue weighted by molar-refractivity contribution is 6.32. The number of fused-ring (bicyclic) bond motifs is 1. The predicted octanol–water partition coefficient (Wildman–Crippen LogP) is 3.03. The van der Waals surface area contributed by atoms with Crippen molar-refractivity contribution in [2.24, 2.45) is 11.8 Å². The van der Waals surface area contributed by atoms with Crippen molar-refractivity contribution in [1.82, 2.24) is 4.90 Å². The van der Waals surface area contributed by atoms with E-state index in [0.717, 1.165) is 0 Å². The van der Waals surface area contributed by atoms with E-state index in [1.807, 2.05) is 12.2 Å². The second-order valence-corrected chi connectivity index (χ2v) is 7.23. The molecular weight excluding hydrogens is 384 g/mol. The van der Waals surface area contributed by atoms with Crippen LogP contribution in [0.25, 0.3) is 0 Å². The molecule has 0 saturated carbocycles. The summed E-state index contributed by atoms with van der Waals surface area (Å²) < 4.78 is 10.4. The summed E-state index contributed by atoms with van der Waals surface area (Å²) in [6.45, 7) is 0.249. The number of rotatable bonds is 7. The maximum Gasteiger partial charge on any atom is 0.233 e. The molecule has 150 valence electrons. The first kappa shape index (κ1) is 20.2. The standard InChI is InChI=1S/C20H23ClN2O5/c1-27-16-11-15(17(28-2)10-14(16)21)22-18(24)8-5-9-23-19(25)12-6-3-4-7-13(12)20(23)26/h3-4,10-13H,5-9H2,1-2H3,(H,22,24)/t12-,13-/m0/s1. The molecule has 3 amide bonds. The Hall–Kier alpha value is -2.54. The number of allylic oxidation sites excluding steroid dienone is 2. The minimum absolute atomic E-state index is 0.121. The average Bonchev–Trinajstić information content (AvgIpc) is 2.94. The predicted molar refractivity (Wildman–Crippen MR) is 104 cm³/mol. The highest BCUT2D eigenvalue weighted by Crippen LogP contribution is 2.36. The van der Waals surface area contributed by atoms with Crippen LogP contribution >= 0.6 is 11.6 Å². The maximum atomic E-state index is 12.4. The zero-order chi connectivity index (χ0) is 20.3. The summed E-state index contributed by atoms with van der Waals surface area (Å²) in [5, 5.41) is 3.13. The molecular formula is C20H23ClN2O5. The molecule has 1 fully saturated rings. The molecule has 0 aromatic heterocycles. The van der Waals surface area contributed by atoms with Crippen LogP contribution in [0.3, 0.4) is 0 Å². The molecule has 1 saturated heterocycles. The topological polar surface area (TPSA) is 84.9 Å². The number of carbonyl (C=O) groups excluding carboxylic acids is 3. The summed E-state index contributed by atoms with van der Waals surface area (Å²) in [7, 11) is 2.96. The Morgan fingerprint density at radius 3 is 2.29 bits per heavy atom. The van der Waals surface area contributed by atoms with E-state index in [1.165, 1.54) is 19.1 Å². The van der Waals surface area contributed by atoms with E-state index in [0.29, 0.717) is 41.5 Å². The number of amides is 3. The molecule has 1 aliphatic heterocycles. The molecule has 3 rings (SSSR count). The van der Waals surface area contributed by atoms with Gasteiger partial charge in [0.15, 0.2) is 0 Å². The number of methoxy groups -OCH3 is 2. The number of likely N-dealkylation sites (tertiary alicyclic amines) is 1. The Bertz CT molecular complexity index is 797. The van der Waals surface area contributed by atoms with E-state index in [1.54, 1.807) is 12.1 Å². The Balaban J connectivity index is 1.55. The number of nitrogens with one attached hydrogen (secondary N) is 1. The number of hydrogen-bond acceptors (Lipinski definition) is 5. The van der Waals surface area contributed by atoms with Crippen molar-refractivity contribution in [2.75, 3.05) is 26.1 Å². The van der Waals surface area contributed by atoms with E-state index < -0.39 is 0 Å². The van der Waals surface area contributed by atoms with Gasteiger partial charge in [0.05, 0.1) is 36.8 Å². The van der Waals surface area contributed by atoms with Gasteiger partial charge in [0.25, 0.3) is 0 Å². The van der Waals surface area contributed by atoms with Crippen LogP contribution in [0.15, 0.2) is 24.3 Å². The van der Waals surface area contributed by atoms with Gasteiger partial charge < -0.3 is 14.8 Å². The van der Waals surface area contributed by atoms with Crippen LogP contribution in [0.4, 0.5) is 5.69 Å². The molecule has 2 aliphatic rings. The number of nitrogens with zero attached hydrogens (tertiary/aromatic N) is 1. The number of carbonyl (C=O) groups is 3. The highest BCUT2D eigenvalue weighted by Gasteiger charge is 2.46. The zero-order valence-corrected chi connectivity index (χ0v) is 16.6. The molecule has 1 N–H and O–H groups in total. The molecule has 1 heterocycles. The number of hydrogen-bond donors (Lipinski definition) is 1. The molecule has 1 aromatic carbocycles. The van der Waals surface area contributed by atoms with Gasteiger partial charge in [0, 0.05) is 25.1 Å². The highest BCUT2D eigenvalue weighted by atomic mass is 35.5. The van der Waals surface area contributed by atoms with Gasteiger partial charge >= 0.3 is 0 Å². The van der Waals surface area contributed by atoms with Crippen molar-refractivity contribution in [3.8, 4) is 11.5 Å². The van der Waals surface area contributed by atoms with Gasteiger partial charge in [-0.15, -0.1) is 0 Å². The zero-order valence-electron chi connectivity index (χ0n) is 15.9. The normalized spacial score (nSPS) is 20.9. The summed E-state index contributed by atoms with van der Waals surface area (Å²) in [6.07, 6.45) is 5.70. The van der Waals surface area contributed by atoms with Gasteiger partial charge in [-0.3, -0.25) is 19.3 Å². The first-order valence-corrected chi connectivity index (χ1v) is 9.55. The lowest BCUT2D eigenvalue weighted by molar-refractivity contribution is -0.140. The molecule has 2 atom stereocenters. The Morgan fingerprint density at radius 2 is 1.71 bits per heavy atom. The second kappa shape index (κ2) is 8.65. The smallest absolute Gasteiger partial charge is 0.233 e. The Morgan fingerprint density at radius 1 is 1.11 bits per heavy atom. The van der Waals surface area contributed by atoms with Crippen LogP contribution in [0.2, 0.25) is 5.02 Å². The number of benzene rings is 1. The molecule has 0 unspecified atom stereocenters. The third kappa shape index (κ3) is 3.99. The lowest BCUT2D eigenvalue weighted by atomic mass is 9.85. The number of ether oxygens (including phenoxy) is 2. The Kier molecular flexibility index (Phi) is 6.24. The van der Waals surface area contributed by atoms with Gasteiger partial charge in [-0.05, 0) is 19.3 Å². The number of anilines is 1. The maximum absolute atomic E-state index is 12.4. The van der Waals surface area contributed by atoms with Crippen LogP contribution in [0.1, 0.15) is 25.7 Å². The summed E-state index contributed by atoms with van der Waals surface area (Å²) in [5.41, 5.74) is 0.444. The largest absolute Gasteiger partial charge is 0.495 e. The van der Waals surface area contributed by atoms with E-state index >= 15 is 0 Å². The molecule has 0 spiro atoms. The van der Waals surface area contributed by atoms with Crippen LogP contribution in [0, 0.1) is 11.8 Å². The van der Waals surface area contributed by atoms with Gasteiger partial charge in [-0.2, -0.15) is 0 Å². The monoisotopic (exact) mass is 406 g/mol. The molecule has 28 heavy (non-hydrogen) atoms. The summed E-state index contributed by atoms with van der Waals surface area (Å²) in [6, 6.07) is 3.15. The summed E-state index contributed by atoms with van der Waals surface area (Å²) in [5.74, 6) is -0.134. The molecule has 0 radical (unpaired) electrons. The van der Waals surface area contributed by atoms with Crippen LogP contribution < -0.4 is 14.8 Å². The van der Waals surface area contributed by atoms with Crippen molar-refractivity contribution in [2.45, 2.75) is 25.7 Å². The third-order valence-electron chi connectivity index (χ3n) is 5.13. The Labute approximate surface area is 168 Å². The van der Waals surface area contributed by atoms with Gasteiger partial charge in [0.1, 0.15) is 11.5 Å². The lowest BCUT2D eigenvalue weighted by Crippen LogP contribution is -2.32. The molecule has 7 nitrogen and oxygen atoms in total. The van der Waals surface area contributed by atoms with Gasteiger partial charge in [-0.25, -0.2) is 0 Å². The minimum Gasteiger partial charge on any atom is -0.495 e. The third-order valence-corrected chi connectivity index (χ3v) is 5.43. The van der Waals surface area contributed by atoms with Crippen LogP contribution in [0.5, 0.6) is 11.5 Å². The molecule has 1 aromatic rings. The van der Waals surface area contributed by atoms with Crippen molar-refractivity contribution in [3.05, 3.63) is 29.3 Å². The van der Waals surface area contributed by atoms with Crippen molar-refractivity contribution >= 4 is 35.0 Å². The quantitative estimate of drug-likeness (QED) is 0.555. The fourth-order valence-electron chi connectivity index (χ4n) is 3.66. The van der Waals surface area contributed by atoms with Crippen molar-refractivity contribution in [1.29, 1.82) is 0 Å². The lowest BCUT2D eigenvalue weighted by Gasteiger charge is -2.15. The van der Waals surface area contributed by atoms with Crippen molar-refractivity contribution < 1.29 is 23.9 Å². The second-order valence-electron chi connectivity index (χ2n) is 6.82. The van der Waals surface area contributed by atoms with Crippen LogP contribution in [-0.4, -0.2) is 43.4 Å². The van der Waals surface area contributed by atoms with Gasteiger partial charge in [0.2, 0.25) is 17.7 Å². The minimum atomic E-state index is -0.249. The first-order valence-electron chi connectivity index (χ1n) is 9.17. The fraction of sp³-hybridized carbons (Fsp3) is 0.450. The SMILES string of the molecule is COc1cc(NC(=O)CCCN2C(=O)[C@H]3CC=CC[C@@H]3C2=O)c(OC)cc1Cl. The molecule has 8 heteroatoms. The summed E-state index contributed by atoms with van der Waals surface area (Å²) >= 11 is 6.06. The number of imide groups is 1. The van der Waals surface area contributed by atoms with E-state index in [4.69, 9.17) is 21.1 Å². The van der Waals surface area contributed by atoms with E-state index in [2.05, 4.69) is 5.32 Å². The van der Waals surface area contributed by atoms with Crippen molar-refractivity contribution in [3.63, 3.8) is 0 Å². The van der Waals surface area contributed by atoms with Gasteiger partial charge in [-0.1, -0.05) is 23.8 Å². The van der Waals surface area contributed by atoms with E-state index in [9.17, 15) is 14.4 Å². The average molecular weight is 407 g/mol. The first-order chi connectivity index (χ1) is 13.5. The number of halogens is 1. The van der Waals surface area contributed by atoms with E-state index in [-0.39, 0.29) is 42.5 Å². The molecule has 1 aliphatic carbocycles. The van der Waals surface area contributed by atoms with Crippen LogP contribution in [-0.2, 0) is 14.4 Å². The fourth-order valence-corrected chi connectivity index (χ4v) is 3.89. The molecule has 0 bridgehead atoms. The summed E-state index contributed by atoms with van der Waals surface area (Å²) in [4.78, 5) is 38.5.